The van der Waals surface area contributed by atoms with Crippen LogP contribution in [0.1, 0.15) is 5.56 Å². The van der Waals surface area contributed by atoms with E-state index in [2.05, 4.69) is 10.2 Å². The van der Waals surface area contributed by atoms with Gasteiger partial charge >= 0.3 is 0 Å². The summed E-state index contributed by atoms with van der Waals surface area (Å²) in [6.45, 7) is 3.93. The maximum absolute atomic E-state index is 13.0. The zero-order valence-electron chi connectivity index (χ0n) is 17.3. The summed E-state index contributed by atoms with van der Waals surface area (Å²) in [5.41, 5.74) is 2.47. The fourth-order valence-corrected chi connectivity index (χ4v) is 4.09. The number of benzene rings is 2. The van der Waals surface area contributed by atoms with Gasteiger partial charge in [-0.3, -0.25) is 24.6 Å². The molecule has 11 heteroatoms. The van der Waals surface area contributed by atoms with Crippen molar-refractivity contribution in [2.45, 2.75) is 13.5 Å². The van der Waals surface area contributed by atoms with Gasteiger partial charge in [-0.15, -0.1) is 0 Å². The molecular weight excluding hydrogens is 452 g/mol. The van der Waals surface area contributed by atoms with Crippen LogP contribution in [-0.2, 0) is 11.3 Å². The number of hydrogen-bond acceptors (Lipinski definition) is 6. The van der Waals surface area contributed by atoms with Gasteiger partial charge in [0.15, 0.2) is 10.6 Å². The molecular formula is C21H21ClN6O3S. The van der Waals surface area contributed by atoms with Crippen LogP contribution in [0.4, 0.5) is 11.4 Å². The zero-order chi connectivity index (χ0) is 22.8. The van der Waals surface area contributed by atoms with Crippen LogP contribution in [0.15, 0.2) is 42.5 Å². The van der Waals surface area contributed by atoms with Crippen molar-refractivity contribution in [2.75, 3.05) is 31.1 Å². The highest BCUT2D eigenvalue weighted by molar-refractivity contribution is 7.71. The fourth-order valence-electron chi connectivity index (χ4n) is 3.73. The number of aryl methyl sites for hydroxylation is 1. The van der Waals surface area contributed by atoms with E-state index < -0.39 is 4.92 Å². The smallest absolute Gasteiger partial charge is 0.294 e. The number of piperazine rings is 1. The topological polar surface area (TPSA) is 100 Å². The number of halogens is 1. The predicted octanol–water partition coefficient (Wildman–Crippen LogP) is 3.83. The lowest BCUT2D eigenvalue weighted by molar-refractivity contribution is -0.384. The summed E-state index contributed by atoms with van der Waals surface area (Å²) in [7, 11) is 0. The Morgan fingerprint density at radius 2 is 1.88 bits per heavy atom. The lowest BCUT2D eigenvalue weighted by atomic mass is 10.1. The third-order valence-electron chi connectivity index (χ3n) is 5.47. The Kier molecular flexibility index (Phi) is 6.24. The second kappa shape index (κ2) is 9.09. The molecule has 4 rings (SSSR count). The minimum atomic E-state index is -0.438. The van der Waals surface area contributed by atoms with E-state index in [0.717, 1.165) is 11.1 Å². The molecule has 1 aliphatic rings. The van der Waals surface area contributed by atoms with Crippen LogP contribution < -0.4 is 4.90 Å². The average Bonchev–Trinajstić information content (AvgIpc) is 3.14. The van der Waals surface area contributed by atoms with Crippen LogP contribution >= 0.6 is 23.8 Å². The van der Waals surface area contributed by atoms with Crippen molar-refractivity contribution in [1.82, 2.24) is 19.7 Å². The highest BCUT2D eigenvalue weighted by atomic mass is 35.5. The van der Waals surface area contributed by atoms with Crippen molar-refractivity contribution in [1.29, 1.82) is 0 Å². The van der Waals surface area contributed by atoms with Gasteiger partial charge in [0.1, 0.15) is 12.2 Å². The molecule has 1 fully saturated rings. The molecule has 0 radical (unpaired) electrons. The van der Waals surface area contributed by atoms with Crippen molar-refractivity contribution >= 4 is 41.1 Å². The number of anilines is 1. The molecule has 2 aromatic carbocycles. The SMILES string of the molecule is Cc1ccc(-c2n[nH]c(=S)n2CC(=O)N2CCN(c3ccc(Cl)cc3[N+](=O)[O-])CC2)cc1. The summed E-state index contributed by atoms with van der Waals surface area (Å²) in [5, 5.41) is 18.8. The fraction of sp³-hybridized carbons (Fsp3) is 0.286. The highest BCUT2D eigenvalue weighted by Crippen LogP contribution is 2.31. The van der Waals surface area contributed by atoms with E-state index in [-0.39, 0.29) is 18.1 Å². The lowest BCUT2D eigenvalue weighted by Gasteiger charge is -2.36. The first-order valence-corrected chi connectivity index (χ1v) is 10.8. The van der Waals surface area contributed by atoms with E-state index in [9.17, 15) is 14.9 Å². The van der Waals surface area contributed by atoms with Crippen LogP contribution in [0.2, 0.25) is 5.02 Å². The molecule has 1 N–H and O–H groups in total. The molecule has 166 valence electrons. The molecule has 1 aromatic heterocycles. The molecule has 2 heterocycles. The predicted molar refractivity (Wildman–Crippen MR) is 124 cm³/mol. The van der Waals surface area contributed by atoms with Gasteiger partial charge in [0.2, 0.25) is 5.91 Å². The zero-order valence-corrected chi connectivity index (χ0v) is 18.9. The number of H-pyrrole nitrogens is 1. The van der Waals surface area contributed by atoms with Crippen LogP contribution in [0.3, 0.4) is 0 Å². The normalized spacial score (nSPS) is 13.9. The molecule has 0 bridgehead atoms. The molecule has 1 aliphatic heterocycles. The first-order valence-electron chi connectivity index (χ1n) is 10.0. The van der Waals surface area contributed by atoms with Crippen molar-refractivity contribution in [3.63, 3.8) is 0 Å². The molecule has 9 nitrogen and oxygen atoms in total. The third-order valence-corrected chi connectivity index (χ3v) is 6.02. The molecule has 3 aromatic rings. The van der Waals surface area contributed by atoms with Crippen molar-refractivity contribution < 1.29 is 9.72 Å². The highest BCUT2D eigenvalue weighted by Gasteiger charge is 2.26. The van der Waals surface area contributed by atoms with Gasteiger partial charge in [0, 0.05) is 42.8 Å². The number of carbonyl (C=O) groups excluding carboxylic acids is 1. The minimum absolute atomic E-state index is 0.0373. The number of nitrogens with one attached hydrogen (secondary N) is 1. The number of nitro groups is 1. The Morgan fingerprint density at radius 3 is 2.53 bits per heavy atom. The van der Waals surface area contributed by atoms with Gasteiger partial charge in [-0.2, -0.15) is 5.10 Å². The van der Waals surface area contributed by atoms with Gasteiger partial charge in [0.05, 0.1) is 4.92 Å². The Labute approximate surface area is 194 Å². The second-order valence-corrected chi connectivity index (χ2v) is 8.39. The number of aromatic nitrogens is 3. The van der Waals surface area contributed by atoms with Crippen molar-refractivity contribution in [3.05, 3.63) is 67.9 Å². The van der Waals surface area contributed by atoms with Crippen molar-refractivity contribution in [3.8, 4) is 11.4 Å². The summed E-state index contributed by atoms with van der Waals surface area (Å²) in [6, 6.07) is 12.5. The molecule has 0 atom stereocenters. The molecule has 0 unspecified atom stereocenters. The monoisotopic (exact) mass is 472 g/mol. The van der Waals surface area contributed by atoms with Gasteiger partial charge in [0.25, 0.3) is 5.69 Å². The third kappa shape index (κ3) is 4.51. The molecule has 32 heavy (non-hydrogen) atoms. The number of hydrogen-bond donors (Lipinski definition) is 1. The number of rotatable bonds is 5. The van der Waals surface area contributed by atoms with E-state index >= 15 is 0 Å². The summed E-state index contributed by atoms with van der Waals surface area (Å²) >= 11 is 11.3. The van der Waals surface area contributed by atoms with Crippen molar-refractivity contribution in [2.24, 2.45) is 0 Å². The van der Waals surface area contributed by atoms with Crippen LogP contribution in [0, 0.1) is 21.8 Å². The number of carbonyl (C=O) groups is 1. The van der Waals surface area contributed by atoms with E-state index in [4.69, 9.17) is 23.8 Å². The van der Waals surface area contributed by atoms with E-state index in [1.165, 1.54) is 6.07 Å². The van der Waals surface area contributed by atoms with Crippen LogP contribution in [-0.4, -0.2) is 56.7 Å². The van der Waals surface area contributed by atoms with E-state index in [0.29, 0.717) is 47.5 Å². The van der Waals surface area contributed by atoms with Crippen LogP contribution in [0.25, 0.3) is 11.4 Å². The quantitative estimate of drug-likeness (QED) is 0.344. The lowest BCUT2D eigenvalue weighted by Crippen LogP contribution is -2.49. The maximum atomic E-state index is 13.0. The number of aromatic amines is 1. The van der Waals surface area contributed by atoms with Gasteiger partial charge < -0.3 is 9.80 Å². The van der Waals surface area contributed by atoms with E-state index in [1.54, 1.807) is 21.6 Å². The first kappa shape index (κ1) is 22.0. The Morgan fingerprint density at radius 1 is 1.19 bits per heavy atom. The van der Waals surface area contributed by atoms with Gasteiger partial charge in [-0.05, 0) is 31.3 Å². The maximum Gasteiger partial charge on any atom is 0.294 e. The number of nitrogens with zero attached hydrogens (tertiary/aromatic N) is 5. The van der Waals surface area contributed by atoms with Crippen LogP contribution in [0.5, 0.6) is 0 Å². The van der Waals surface area contributed by atoms with Gasteiger partial charge in [-0.1, -0.05) is 41.4 Å². The molecule has 0 saturated carbocycles. The molecule has 0 aliphatic carbocycles. The van der Waals surface area contributed by atoms with E-state index in [1.807, 2.05) is 36.1 Å². The Hall–Kier alpha value is -3.24. The number of nitro benzene ring substituents is 1. The molecule has 1 saturated heterocycles. The summed E-state index contributed by atoms with van der Waals surface area (Å²) < 4.78 is 2.07. The largest absolute Gasteiger partial charge is 0.362 e. The minimum Gasteiger partial charge on any atom is -0.362 e. The summed E-state index contributed by atoms with van der Waals surface area (Å²) in [5.74, 6) is 0.528. The summed E-state index contributed by atoms with van der Waals surface area (Å²) in [6.07, 6.45) is 0. The first-order chi connectivity index (χ1) is 15.3. The average molecular weight is 473 g/mol. The molecule has 0 spiro atoms. The standard InChI is InChI=1S/C21H21ClN6O3S/c1-14-2-4-15(5-3-14)20-23-24-21(32)27(20)13-19(29)26-10-8-25(9-11-26)17-7-6-16(22)12-18(17)28(30)31/h2-7,12H,8-11,13H2,1H3,(H,24,32). The Balaban J connectivity index is 1.46. The number of amides is 1. The second-order valence-electron chi connectivity index (χ2n) is 7.56. The Bertz CT molecular complexity index is 1220. The summed E-state index contributed by atoms with van der Waals surface area (Å²) in [4.78, 5) is 27.6. The molecule has 1 amide bonds. The van der Waals surface area contributed by atoms with Gasteiger partial charge in [-0.25, -0.2) is 0 Å².